The number of likely N-dealkylation sites (tertiary alicyclic amines) is 1. The molecular formula is C42H48F2N6O5S2. The quantitative estimate of drug-likeness (QED) is 0.129. The Morgan fingerprint density at radius 2 is 1.18 bits per heavy atom. The summed E-state index contributed by atoms with van der Waals surface area (Å²) in [5.74, 6) is -0.275. The van der Waals surface area contributed by atoms with Crippen LogP contribution in [0.2, 0.25) is 0 Å². The lowest BCUT2D eigenvalue weighted by Gasteiger charge is -2.34. The van der Waals surface area contributed by atoms with Gasteiger partial charge < -0.3 is 30.3 Å². The van der Waals surface area contributed by atoms with E-state index in [-0.39, 0.29) is 52.7 Å². The molecule has 0 atom stereocenters. The molecule has 0 bridgehead atoms. The highest BCUT2D eigenvalue weighted by Crippen LogP contribution is 2.30. The Morgan fingerprint density at radius 3 is 1.65 bits per heavy atom. The molecule has 2 aromatic heterocycles. The molecule has 3 N–H and O–H groups in total. The summed E-state index contributed by atoms with van der Waals surface area (Å²) < 4.78 is 39.1. The third kappa shape index (κ3) is 11.9. The van der Waals surface area contributed by atoms with Gasteiger partial charge in [-0.05, 0) is 113 Å². The minimum Gasteiger partial charge on any atom is -0.438 e. The number of hydrogen-bond acceptors (Lipinski definition) is 10. The summed E-state index contributed by atoms with van der Waals surface area (Å²) >= 11 is 3.16. The van der Waals surface area contributed by atoms with Crippen molar-refractivity contribution in [1.82, 2.24) is 30.8 Å². The molecule has 3 amide bonds. The Morgan fingerprint density at radius 1 is 0.702 bits per heavy atom. The predicted octanol–water partition coefficient (Wildman–Crippen LogP) is 7.86. The van der Waals surface area contributed by atoms with E-state index >= 15 is 0 Å². The average Bonchev–Trinajstić information content (AvgIpc) is 3.78. The molecule has 11 nitrogen and oxygen atoms in total. The number of ether oxygens (including phenoxy) is 2. The number of pyridine rings is 2. The van der Waals surface area contributed by atoms with Gasteiger partial charge in [-0.25, -0.2) is 18.7 Å². The smallest absolute Gasteiger partial charge is 0.257 e. The highest BCUT2D eigenvalue weighted by Gasteiger charge is 2.31. The molecule has 3 fully saturated rings. The first-order valence-electron chi connectivity index (χ1n) is 19.2. The fourth-order valence-electron chi connectivity index (χ4n) is 7.06. The van der Waals surface area contributed by atoms with E-state index in [0.29, 0.717) is 37.4 Å². The van der Waals surface area contributed by atoms with Crippen molar-refractivity contribution in [3.8, 4) is 23.3 Å². The van der Waals surface area contributed by atoms with Crippen LogP contribution in [-0.2, 0) is 4.79 Å². The van der Waals surface area contributed by atoms with Gasteiger partial charge in [-0.1, -0.05) is 25.0 Å². The van der Waals surface area contributed by atoms with Crippen LogP contribution in [0.1, 0.15) is 72.1 Å². The molecule has 1 saturated carbocycles. The van der Waals surface area contributed by atoms with Gasteiger partial charge in [0.25, 0.3) is 11.8 Å². The molecule has 302 valence electrons. The number of benzene rings is 2. The number of carbonyl (C=O) groups is 3. The van der Waals surface area contributed by atoms with E-state index in [2.05, 4.69) is 25.9 Å². The zero-order chi connectivity index (χ0) is 40.1. The molecule has 4 aromatic rings. The first-order valence-corrected chi connectivity index (χ1v) is 21.7. The fourth-order valence-corrected chi connectivity index (χ4v) is 7.96. The van der Waals surface area contributed by atoms with E-state index in [9.17, 15) is 23.2 Å². The molecule has 0 spiro atoms. The molecule has 0 radical (unpaired) electrons. The second kappa shape index (κ2) is 20.6. The lowest BCUT2D eigenvalue weighted by Crippen LogP contribution is -2.47. The van der Waals surface area contributed by atoms with Crippen LogP contribution in [0.15, 0.2) is 82.8 Å². The Kier molecular flexibility index (Phi) is 15.2. The summed E-state index contributed by atoms with van der Waals surface area (Å²) in [6.45, 7) is 2.98. The third-order valence-corrected chi connectivity index (χ3v) is 11.6. The van der Waals surface area contributed by atoms with Crippen LogP contribution in [-0.4, -0.2) is 83.4 Å². The largest absolute Gasteiger partial charge is 0.438 e. The topological polar surface area (TPSA) is 135 Å². The van der Waals surface area contributed by atoms with Crippen LogP contribution in [0.25, 0.3) is 0 Å². The maximum atomic E-state index is 13.9. The molecule has 0 unspecified atom stereocenters. The van der Waals surface area contributed by atoms with Crippen molar-refractivity contribution in [3.05, 3.63) is 95.8 Å². The van der Waals surface area contributed by atoms with E-state index in [0.717, 1.165) is 85.9 Å². The van der Waals surface area contributed by atoms with Crippen molar-refractivity contribution in [2.75, 3.05) is 38.7 Å². The van der Waals surface area contributed by atoms with Crippen LogP contribution in [0.4, 0.5) is 8.78 Å². The molecule has 2 saturated heterocycles. The molecule has 2 aromatic carbocycles. The highest BCUT2D eigenvalue weighted by atomic mass is 32.2. The monoisotopic (exact) mass is 818 g/mol. The molecule has 1 aliphatic carbocycles. The normalized spacial score (nSPS) is 16.3. The number of amides is 3. The summed E-state index contributed by atoms with van der Waals surface area (Å²) in [6.07, 6.45) is 13.3. The number of nitrogens with zero attached hydrogens (tertiary/aromatic N) is 3. The minimum absolute atomic E-state index is 0.0593. The molecule has 2 aliphatic heterocycles. The Labute approximate surface area is 340 Å². The maximum Gasteiger partial charge on any atom is 0.257 e. The number of halogens is 2. The van der Waals surface area contributed by atoms with Crippen molar-refractivity contribution in [2.45, 2.75) is 73.2 Å². The van der Waals surface area contributed by atoms with Crippen LogP contribution in [0, 0.1) is 17.6 Å². The number of nitrogens with one attached hydrogen (secondary N) is 3. The van der Waals surface area contributed by atoms with Gasteiger partial charge in [-0.2, -0.15) is 0 Å². The van der Waals surface area contributed by atoms with Crippen molar-refractivity contribution in [1.29, 1.82) is 0 Å². The summed E-state index contributed by atoms with van der Waals surface area (Å²) in [5, 5.41) is 9.16. The van der Waals surface area contributed by atoms with Crippen LogP contribution in [0.3, 0.4) is 0 Å². The van der Waals surface area contributed by atoms with E-state index < -0.39 is 17.5 Å². The van der Waals surface area contributed by atoms with Crippen molar-refractivity contribution < 1.29 is 32.6 Å². The van der Waals surface area contributed by atoms with Gasteiger partial charge in [-0.15, -0.1) is 23.5 Å². The number of carbonyl (C=O) groups excluding carboxylic acids is 3. The van der Waals surface area contributed by atoms with Crippen LogP contribution < -0.4 is 25.4 Å². The van der Waals surface area contributed by atoms with Gasteiger partial charge >= 0.3 is 0 Å². The zero-order valence-electron chi connectivity index (χ0n) is 32.1. The summed E-state index contributed by atoms with van der Waals surface area (Å²) in [4.78, 5) is 50.1. The Hall–Kier alpha value is -4.73. The molecule has 3 aliphatic rings. The van der Waals surface area contributed by atoms with Crippen molar-refractivity contribution >= 4 is 41.2 Å². The summed E-state index contributed by atoms with van der Waals surface area (Å²) in [7, 11) is 0. The third-order valence-electron chi connectivity index (χ3n) is 10.2. The van der Waals surface area contributed by atoms with E-state index in [4.69, 9.17) is 9.47 Å². The Balaban J connectivity index is 0.000000199. The van der Waals surface area contributed by atoms with Gasteiger partial charge in [0, 0.05) is 40.9 Å². The summed E-state index contributed by atoms with van der Waals surface area (Å²) in [5.41, 5.74) is 0.164. The first-order chi connectivity index (χ1) is 27.7. The van der Waals surface area contributed by atoms with E-state index in [1.807, 2.05) is 53.8 Å². The van der Waals surface area contributed by atoms with Crippen LogP contribution >= 0.6 is 23.5 Å². The lowest BCUT2D eigenvalue weighted by molar-refractivity contribution is -0.136. The van der Waals surface area contributed by atoms with E-state index in [1.54, 1.807) is 35.7 Å². The van der Waals surface area contributed by atoms with Crippen LogP contribution in [0.5, 0.6) is 23.3 Å². The lowest BCUT2D eigenvalue weighted by atomic mass is 10.0. The Bertz CT molecular complexity index is 2010. The van der Waals surface area contributed by atoms with Gasteiger partial charge in [0.1, 0.15) is 34.3 Å². The SMILES string of the molecule is CSc1cccc(Oc2ncc(F)cc2C(=O)NC2CCN(C(=O)C3CCCC3)CC2)c1.CSc1cccc(Oc2ncc(F)cc2C(=O)NC2CCNCC2)c1. The second-order valence-corrected chi connectivity index (χ2v) is 15.9. The van der Waals surface area contributed by atoms with Gasteiger partial charge in [0.2, 0.25) is 17.7 Å². The molecular weight excluding hydrogens is 771 g/mol. The number of aromatic nitrogens is 2. The maximum absolute atomic E-state index is 13.9. The van der Waals surface area contributed by atoms with Gasteiger partial charge in [0.15, 0.2) is 0 Å². The predicted molar refractivity (Wildman–Crippen MR) is 217 cm³/mol. The van der Waals surface area contributed by atoms with Crippen molar-refractivity contribution in [3.63, 3.8) is 0 Å². The standard InChI is InChI=1S/C24H28FN3O3S.C18H20FN3O2S/c1-32-20-8-4-7-19(14-20)31-23-21(13-17(25)15-26-23)22(29)27-18-9-11-28(12-10-18)24(30)16-5-2-3-6-16;1-25-15-4-2-3-14(10-15)24-18-16(9-12(19)11-21-18)17(23)22-13-5-7-20-8-6-13/h4,7-8,13-16,18H,2-3,5-6,9-12H2,1H3,(H,27,29);2-4,9-11,13,20H,5-8H2,1H3,(H,22,23). The van der Waals surface area contributed by atoms with Gasteiger partial charge in [-0.3, -0.25) is 14.4 Å². The van der Waals surface area contributed by atoms with Crippen molar-refractivity contribution in [2.24, 2.45) is 5.92 Å². The molecule has 57 heavy (non-hydrogen) atoms. The molecule has 15 heteroatoms. The fraction of sp³-hybridized carbons (Fsp3) is 0.405. The first kappa shape index (κ1) is 41.9. The van der Waals surface area contributed by atoms with E-state index in [1.165, 1.54) is 0 Å². The molecule has 4 heterocycles. The zero-order valence-corrected chi connectivity index (χ0v) is 33.7. The minimum atomic E-state index is -0.600. The molecule has 7 rings (SSSR count). The second-order valence-electron chi connectivity index (χ2n) is 14.1. The van der Waals surface area contributed by atoms with Gasteiger partial charge in [0.05, 0.1) is 12.4 Å². The number of rotatable bonds is 11. The number of hydrogen-bond donors (Lipinski definition) is 3. The number of thioether (sulfide) groups is 2. The average molecular weight is 819 g/mol. The number of piperidine rings is 2. The highest BCUT2D eigenvalue weighted by molar-refractivity contribution is 7.98. The summed E-state index contributed by atoms with van der Waals surface area (Å²) in [6, 6.07) is 17.2.